The number of hydrogen-bond donors (Lipinski definition) is 3. The Morgan fingerprint density at radius 3 is 2.71 bits per heavy atom. The van der Waals surface area contributed by atoms with Crippen molar-refractivity contribution < 1.29 is 14.3 Å². The van der Waals surface area contributed by atoms with E-state index in [0.717, 1.165) is 45.3 Å². The molecule has 0 radical (unpaired) electrons. The van der Waals surface area contributed by atoms with Gasteiger partial charge in [-0.05, 0) is 64.2 Å². The highest BCUT2D eigenvalue weighted by atomic mass is 16.5. The third kappa shape index (κ3) is 8.27. The molecule has 2 aliphatic rings. The van der Waals surface area contributed by atoms with Gasteiger partial charge in [-0.3, -0.25) is 9.59 Å². The molecule has 244 valence electrons. The van der Waals surface area contributed by atoms with Crippen LogP contribution in [0.5, 0.6) is 0 Å². The fraction of sp³-hybridized carbons (Fsp3) is 0.529. The number of carbonyl (C=O) groups is 2. The lowest BCUT2D eigenvalue weighted by atomic mass is 9.79. The van der Waals surface area contributed by atoms with Crippen LogP contribution in [-0.2, 0) is 9.53 Å². The SMILES string of the molecule is C=C/C=C\C(=C/C)C1CC[C@H](OCNC(=O)c2cn(C3CCN(C(=O)/C=C/CN(CC)CC)C3)c3ncnc(N)c23)C(NC)C1. The van der Waals surface area contributed by atoms with E-state index in [0.29, 0.717) is 35.6 Å². The maximum Gasteiger partial charge on any atom is 0.255 e. The summed E-state index contributed by atoms with van der Waals surface area (Å²) in [5, 5.41) is 6.85. The van der Waals surface area contributed by atoms with Gasteiger partial charge in [0.1, 0.15) is 24.5 Å². The smallest absolute Gasteiger partial charge is 0.255 e. The van der Waals surface area contributed by atoms with Crippen molar-refractivity contribution in [3.8, 4) is 0 Å². The molecule has 1 saturated heterocycles. The number of nitrogens with zero attached hydrogens (tertiary/aromatic N) is 5. The molecule has 3 heterocycles. The third-order valence-electron chi connectivity index (χ3n) is 9.19. The third-order valence-corrected chi connectivity index (χ3v) is 9.19. The Balaban J connectivity index is 1.39. The van der Waals surface area contributed by atoms with E-state index in [4.69, 9.17) is 10.5 Å². The van der Waals surface area contributed by atoms with Gasteiger partial charge in [-0.2, -0.15) is 0 Å². The predicted octanol–water partition coefficient (Wildman–Crippen LogP) is 3.83. The van der Waals surface area contributed by atoms with Crippen molar-refractivity contribution >= 4 is 28.7 Å². The molecule has 1 aliphatic carbocycles. The van der Waals surface area contributed by atoms with Gasteiger partial charge < -0.3 is 35.5 Å². The summed E-state index contributed by atoms with van der Waals surface area (Å²) in [6.07, 6.45) is 18.4. The van der Waals surface area contributed by atoms with Crippen molar-refractivity contribution in [2.45, 2.75) is 64.6 Å². The minimum absolute atomic E-state index is 0.00514. The highest BCUT2D eigenvalue weighted by Gasteiger charge is 2.32. The van der Waals surface area contributed by atoms with Gasteiger partial charge in [0.15, 0.2) is 0 Å². The van der Waals surface area contributed by atoms with Gasteiger partial charge in [0.05, 0.1) is 23.1 Å². The predicted molar refractivity (Wildman–Crippen MR) is 180 cm³/mol. The molecule has 4 atom stereocenters. The van der Waals surface area contributed by atoms with Crippen LogP contribution in [-0.4, -0.2) is 94.8 Å². The molecule has 2 fully saturated rings. The van der Waals surface area contributed by atoms with Crippen LogP contribution in [0.2, 0.25) is 0 Å². The zero-order chi connectivity index (χ0) is 32.3. The highest BCUT2D eigenvalue weighted by molar-refractivity contribution is 6.09. The molecule has 2 aromatic rings. The van der Waals surface area contributed by atoms with Crippen LogP contribution in [0, 0.1) is 5.92 Å². The van der Waals surface area contributed by atoms with Crippen LogP contribution >= 0.6 is 0 Å². The van der Waals surface area contributed by atoms with Gasteiger partial charge in [-0.25, -0.2) is 9.97 Å². The molecule has 11 nitrogen and oxygen atoms in total. The summed E-state index contributed by atoms with van der Waals surface area (Å²) in [6.45, 7) is 13.9. The van der Waals surface area contributed by atoms with E-state index in [2.05, 4.69) is 65.0 Å². The van der Waals surface area contributed by atoms with Gasteiger partial charge in [0.25, 0.3) is 5.91 Å². The average molecular weight is 619 g/mol. The average Bonchev–Trinajstić information content (AvgIpc) is 3.70. The van der Waals surface area contributed by atoms with Gasteiger partial charge in [-0.1, -0.05) is 50.8 Å². The van der Waals surface area contributed by atoms with E-state index < -0.39 is 0 Å². The molecular weight excluding hydrogens is 568 g/mol. The molecule has 0 aromatic carbocycles. The first-order chi connectivity index (χ1) is 21.8. The van der Waals surface area contributed by atoms with Crippen LogP contribution in [0.4, 0.5) is 5.82 Å². The number of likely N-dealkylation sites (N-methyl/N-ethyl adjacent to an activating group) is 2. The molecule has 45 heavy (non-hydrogen) atoms. The lowest BCUT2D eigenvalue weighted by Crippen LogP contribution is -2.46. The molecule has 2 amide bonds. The lowest BCUT2D eigenvalue weighted by molar-refractivity contribution is -0.125. The summed E-state index contributed by atoms with van der Waals surface area (Å²) in [6, 6.07) is 0.133. The van der Waals surface area contributed by atoms with Crippen LogP contribution in [0.25, 0.3) is 11.0 Å². The lowest BCUT2D eigenvalue weighted by Gasteiger charge is -2.36. The van der Waals surface area contributed by atoms with Crippen molar-refractivity contribution in [1.29, 1.82) is 0 Å². The molecule has 0 bridgehead atoms. The van der Waals surface area contributed by atoms with Gasteiger partial charge in [0.2, 0.25) is 5.91 Å². The number of likely N-dealkylation sites (tertiary alicyclic amines) is 1. The molecule has 1 saturated carbocycles. The number of nitrogen functional groups attached to an aromatic ring is 1. The standard InChI is InChI=1S/C34H50N8O3/c1-6-10-12-24(7-2)25-14-15-29(28(19-25)36-5)45-23-39-34(44)27-21-42(33-31(27)32(35)37-22-38-33)26-16-18-41(20-26)30(43)13-11-17-40(8-3)9-4/h6-7,10-13,21-22,25-26,28-29,36H,1,8-9,14-20,23H2,2-5H3,(H,39,44)(H2,35,37,38)/b12-10-,13-11+,24-7+/t25?,26?,28?,29-/m0/s1. The highest BCUT2D eigenvalue weighted by Crippen LogP contribution is 2.33. The maximum absolute atomic E-state index is 13.5. The van der Waals surface area contributed by atoms with Crippen LogP contribution in [0.15, 0.2) is 61.1 Å². The van der Waals surface area contributed by atoms with Crippen molar-refractivity contribution in [1.82, 2.24) is 35.0 Å². The number of amides is 2. The molecule has 3 unspecified atom stereocenters. The minimum Gasteiger partial charge on any atom is -0.383 e. The van der Waals surface area contributed by atoms with Crippen molar-refractivity contribution in [3.05, 3.63) is 66.7 Å². The first-order valence-corrected chi connectivity index (χ1v) is 16.2. The van der Waals surface area contributed by atoms with E-state index >= 15 is 0 Å². The number of hydrogen-bond acceptors (Lipinski definition) is 8. The zero-order valence-electron chi connectivity index (χ0n) is 27.2. The Labute approximate surface area is 267 Å². The maximum atomic E-state index is 13.5. The zero-order valence-corrected chi connectivity index (χ0v) is 27.2. The molecule has 0 spiro atoms. The van der Waals surface area contributed by atoms with Crippen molar-refractivity contribution in [3.63, 3.8) is 0 Å². The topological polar surface area (TPSA) is 131 Å². The second-order valence-electron chi connectivity index (χ2n) is 11.7. The molecule has 2 aromatic heterocycles. The monoisotopic (exact) mass is 618 g/mol. The molecular formula is C34H50N8O3. The number of carbonyl (C=O) groups excluding carboxylic acids is 2. The van der Waals surface area contributed by atoms with E-state index in [-0.39, 0.29) is 42.6 Å². The molecule has 11 heteroatoms. The Kier molecular flexibility index (Phi) is 12.5. The Bertz CT molecular complexity index is 1410. The number of ether oxygens (including phenoxy) is 1. The normalized spacial score (nSPS) is 22.7. The summed E-state index contributed by atoms with van der Waals surface area (Å²) in [7, 11) is 1.95. The van der Waals surface area contributed by atoms with Crippen LogP contribution < -0.4 is 16.4 Å². The van der Waals surface area contributed by atoms with Gasteiger partial charge in [0, 0.05) is 37.9 Å². The largest absolute Gasteiger partial charge is 0.383 e. The minimum atomic E-state index is -0.300. The number of fused-ring (bicyclic) bond motifs is 1. The number of aromatic nitrogens is 3. The first-order valence-electron chi connectivity index (χ1n) is 16.2. The summed E-state index contributed by atoms with van der Waals surface area (Å²) >= 11 is 0. The van der Waals surface area contributed by atoms with E-state index in [1.165, 1.54) is 11.9 Å². The summed E-state index contributed by atoms with van der Waals surface area (Å²) < 4.78 is 8.17. The summed E-state index contributed by atoms with van der Waals surface area (Å²) in [5.41, 5.74) is 8.56. The quantitative estimate of drug-likeness (QED) is 0.166. The van der Waals surface area contributed by atoms with Gasteiger partial charge in [-0.15, -0.1) is 0 Å². The molecule has 4 rings (SSSR count). The van der Waals surface area contributed by atoms with Crippen molar-refractivity contribution in [2.75, 3.05) is 52.2 Å². The second-order valence-corrected chi connectivity index (χ2v) is 11.7. The first kappa shape index (κ1) is 34.1. The fourth-order valence-corrected chi connectivity index (χ4v) is 6.52. The van der Waals surface area contributed by atoms with Crippen LogP contribution in [0.3, 0.4) is 0 Å². The number of rotatable bonds is 14. The number of anilines is 1. The summed E-state index contributed by atoms with van der Waals surface area (Å²) in [5.74, 6) is 0.381. The van der Waals surface area contributed by atoms with E-state index in [1.807, 2.05) is 28.7 Å². The number of allylic oxidation sites excluding steroid dienone is 5. The van der Waals surface area contributed by atoms with Gasteiger partial charge >= 0.3 is 0 Å². The number of nitrogens with one attached hydrogen (secondary N) is 2. The van der Waals surface area contributed by atoms with Crippen molar-refractivity contribution in [2.24, 2.45) is 5.92 Å². The Morgan fingerprint density at radius 1 is 1.20 bits per heavy atom. The Morgan fingerprint density at radius 2 is 2.00 bits per heavy atom. The Hall–Kier alpha value is -3.80. The summed E-state index contributed by atoms with van der Waals surface area (Å²) in [4.78, 5) is 39.1. The molecule has 4 N–H and O–H groups in total. The van der Waals surface area contributed by atoms with Crippen LogP contribution in [0.1, 0.15) is 62.9 Å². The molecule has 1 aliphatic heterocycles. The van der Waals surface area contributed by atoms with E-state index in [9.17, 15) is 9.59 Å². The fourth-order valence-electron chi connectivity index (χ4n) is 6.52. The van der Waals surface area contributed by atoms with E-state index in [1.54, 1.807) is 18.3 Å². The number of nitrogens with two attached hydrogens (primary N) is 1. The second kappa shape index (κ2) is 16.5.